The van der Waals surface area contributed by atoms with Crippen molar-refractivity contribution in [1.82, 2.24) is 0 Å². The lowest BCUT2D eigenvalue weighted by Gasteiger charge is -2.05. The predicted molar refractivity (Wildman–Crippen MR) is 40.9 cm³/mol. The van der Waals surface area contributed by atoms with Crippen LogP contribution >= 0.6 is 0 Å². The van der Waals surface area contributed by atoms with E-state index in [1.165, 1.54) is 25.7 Å². The predicted octanol–water partition coefficient (Wildman–Crippen LogP) is 2.27. The molecule has 2 atom stereocenters. The van der Waals surface area contributed by atoms with Crippen molar-refractivity contribution in [1.29, 1.82) is 0 Å². The van der Waals surface area contributed by atoms with Crippen LogP contribution in [0.25, 0.3) is 0 Å². The molecule has 0 aromatic rings. The Bertz CT molecular complexity index is 162. The quantitative estimate of drug-likeness (QED) is 0.369. The summed E-state index contributed by atoms with van der Waals surface area (Å²) in [5.74, 6) is 0. The normalized spacial score (nSPS) is 48.7. The van der Waals surface area contributed by atoms with Gasteiger partial charge in [0.05, 0.1) is 11.7 Å². The fourth-order valence-electron chi connectivity index (χ4n) is 1.73. The Labute approximate surface area is 62.1 Å². The van der Waals surface area contributed by atoms with Crippen LogP contribution in [0.2, 0.25) is 0 Å². The largest absolute Gasteiger partial charge is 0.366 e. The van der Waals surface area contributed by atoms with Crippen LogP contribution < -0.4 is 0 Å². The molecule has 1 heteroatoms. The smallest absolute Gasteiger partial charge is 0.0923 e. The molecule has 0 bridgehead atoms. The van der Waals surface area contributed by atoms with Crippen molar-refractivity contribution in [2.45, 2.75) is 44.3 Å². The van der Waals surface area contributed by atoms with E-state index >= 15 is 0 Å². The zero-order valence-electron chi connectivity index (χ0n) is 6.47. The number of hydrogen-bond acceptors (Lipinski definition) is 1. The molecule has 0 spiro atoms. The Morgan fingerprint density at radius 1 is 1.40 bits per heavy atom. The van der Waals surface area contributed by atoms with Crippen molar-refractivity contribution in [3.8, 4) is 0 Å². The number of ether oxygens (including phenoxy) is 1. The third-order valence-electron chi connectivity index (χ3n) is 2.60. The molecule has 0 saturated carbocycles. The van der Waals surface area contributed by atoms with E-state index in [1.807, 2.05) is 0 Å². The molecule has 0 radical (unpaired) electrons. The van der Waals surface area contributed by atoms with Gasteiger partial charge in [-0.05, 0) is 32.6 Å². The minimum atomic E-state index is 0.269. The van der Waals surface area contributed by atoms with Gasteiger partial charge in [-0.15, -0.1) is 0 Å². The average molecular weight is 138 g/mol. The van der Waals surface area contributed by atoms with E-state index in [0.29, 0.717) is 6.10 Å². The Hall–Kier alpha value is -0.300. The van der Waals surface area contributed by atoms with Gasteiger partial charge in [0.1, 0.15) is 0 Å². The third kappa shape index (κ3) is 0.988. The lowest BCUT2D eigenvalue weighted by Crippen LogP contribution is -2.09. The first-order valence-corrected chi connectivity index (χ1v) is 4.14. The topological polar surface area (TPSA) is 12.5 Å². The maximum Gasteiger partial charge on any atom is 0.0923 e. The molecule has 0 amide bonds. The van der Waals surface area contributed by atoms with Crippen molar-refractivity contribution in [3.05, 3.63) is 12.2 Å². The maximum atomic E-state index is 5.59. The van der Waals surface area contributed by atoms with Crippen molar-refractivity contribution < 1.29 is 4.74 Å². The molecule has 10 heavy (non-hydrogen) atoms. The van der Waals surface area contributed by atoms with Crippen LogP contribution in [0, 0.1) is 0 Å². The van der Waals surface area contributed by atoms with E-state index in [0.717, 1.165) is 0 Å². The van der Waals surface area contributed by atoms with Gasteiger partial charge in [0.25, 0.3) is 0 Å². The number of rotatable bonds is 0. The standard InChI is InChI=1S/C9H14O/c1-9-7-5-3-2-4-6-8(9)10-9/h2-3,8H,4-7H2,1H3/b3-2-. The van der Waals surface area contributed by atoms with Gasteiger partial charge in [0.15, 0.2) is 0 Å². The minimum Gasteiger partial charge on any atom is -0.366 e. The molecule has 0 aromatic heterocycles. The van der Waals surface area contributed by atoms with E-state index in [1.54, 1.807) is 0 Å². The summed E-state index contributed by atoms with van der Waals surface area (Å²) in [5, 5.41) is 0. The van der Waals surface area contributed by atoms with Gasteiger partial charge >= 0.3 is 0 Å². The number of fused-ring (bicyclic) bond motifs is 1. The molecule has 0 aromatic carbocycles. The fraction of sp³-hybridized carbons (Fsp3) is 0.778. The molecule has 2 aliphatic rings. The van der Waals surface area contributed by atoms with Gasteiger partial charge in [-0.2, -0.15) is 0 Å². The molecule has 1 heterocycles. The Morgan fingerprint density at radius 3 is 3.10 bits per heavy atom. The van der Waals surface area contributed by atoms with Gasteiger partial charge < -0.3 is 4.74 Å². The summed E-state index contributed by atoms with van der Waals surface area (Å²) in [5.41, 5.74) is 0.269. The summed E-state index contributed by atoms with van der Waals surface area (Å²) in [4.78, 5) is 0. The van der Waals surface area contributed by atoms with E-state index in [4.69, 9.17) is 4.74 Å². The molecule has 1 aliphatic carbocycles. The van der Waals surface area contributed by atoms with Crippen molar-refractivity contribution in [2.75, 3.05) is 0 Å². The van der Waals surface area contributed by atoms with Crippen molar-refractivity contribution in [2.24, 2.45) is 0 Å². The lowest BCUT2D eigenvalue weighted by atomic mass is 9.96. The van der Waals surface area contributed by atoms with Crippen molar-refractivity contribution in [3.63, 3.8) is 0 Å². The van der Waals surface area contributed by atoms with E-state index in [9.17, 15) is 0 Å². The molecular formula is C9H14O. The summed E-state index contributed by atoms with van der Waals surface area (Å²) >= 11 is 0. The van der Waals surface area contributed by atoms with Crippen LogP contribution in [0.1, 0.15) is 32.6 Å². The first kappa shape index (κ1) is 6.41. The van der Waals surface area contributed by atoms with E-state index in [-0.39, 0.29) is 5.60 Å². The van der Waals surface area contributed by atoms with Gasteiger partial charge in [-0.3, -0.25) is 0 Å². The van der Waals surface area contributed by atoms with Crippen LogP contribution in [-0.4, -0.2) is 11.7 Å². The molecule has 0 N–H and O–H groups in total. The second kappa shape index (κ2) is 2.09. The SMILES string of the molecule is CC12CC/C=C\CCC1O2. The highest BCUT2D eigenvalue weighted by atomic mass is 16.6. The Balaban J connectivity index is 2.00. The van der Waals surface area contributed by atoms with Crippen molar-refractivity contribution >= 4 is 0 Å². The van der Waals surface area contributed by atoms with E-state index in [2.05, 4.69) is 19.1 Å². The summed E-state index contributed by atoms with van der Waals surface area (Å²) in [6.07, 6.45) is 10.00. The lowest BCUT2D eigenvalue weighted by molar-refractivity contribution is 0.296. The number of hydrogen-bond donors (Lipinski definition) is 0. The first-order valence-electron chi connectivity index (χ1n) is 4.14. The van der Waals surface area contributed by atoms with Gasteiger partial charge in [0, 0.05) is 0 Å². The summed E-state index contributed by atoms with van der Waals surface area (Å²) in [6.45, 7) is 2.23. The molecule has 1 fully saturated rings. The minimum absolute atomic E-state index is 0.269. The average Bonchev–Trinajstić information content (AvgIpc) is 2.44. The van der Waals surface area contributed by atoms with Crippen LogP contribution in [0.3, 0.4) is 0 Å². The maximum absolute atomic E-state index is 5.59. The molecule has 2 unspecified atom stereocenters. The first-order chi connectivity index (χ1) is 4.81. The highest BCUT2D eigenvalue weighted by Gasteiger charge is 2.50. The second-order valence-electron chi connectivity index (χ2n) is 3.51. The molecule has 56 valence electrons. The van der Waals surface area contributed by atoms with Gasteiger partial charge in [-0.25, -0.2) is 0 Å². The van der Waals surface area contributed by atoms with Gasteiger partial charge in [0.2, 0.25) is 0 Å². The Morgan fingerprint density at radius 2 is 2.20 bits per heavy atom. The molecule has 2 rings (SSSR count). The third-order valence-corrected chi connectivity index (χ3v) is 2.60. The fourth-order valence-corrected chi connectivity index (χ4v) is 1.73. The van der Waals surface area contributed by atoms with Crippen LogP contribution in [-0.2, 0) is 4.74 Å². The van der Waals surface area contributed by atoms with Crippen LogP contribution in [0.4, 0.5) is 0 Å². The highest BCUT2D eigenvalue weighted by Crippen LogP contribution is 2.43. The number of allylic oxidation sites excluding steroid dienone is 2. The summed E-state index contributed by atoms with van der Waals surface area (Å²) < 4.78 is 5.59. The molecule has 1 saturated heterocycles. The molecule has 1 aliphatic heterocycles. The Kier molecular flexibility index (Phi) is 1.34. The van der Waals surface area contributed by atoms with E-state index < -0.39 is 0 Å². The number of epoxide rings is 1. The molecule has 1 nitrogen and oxygen atoms in total. The zero-order valence-corrected chi connectivity index (χ0v) is 6.47. The van der Waals surface area contributed by atoms with Crippen LogP contribution in [0.5, 0.6) is 0 Å². The zero-order chi connectivity index (χ0) is 7.03. The molecular weight excluding hydrogens is 124 g/mol. The second-order valence-corrected chi connectivity index (χ2v) is 3.51. The summed E-state index contributed by atoms with van der Waals surface area (Å²) in [6, 6.07) is 0. The van der Waals surface area contributed by atoms with Crippen LogP contribution in [0.15, 0.2) is 12.2 Å². The highest BCUT2D eigenvalue weighted by molar-refractivity contribution is 5.03. The monoisotopic (exact) mass is 138 g/mol. The van der Waals surface area contributed by atoms with Gasteiger partial charge in [-0.1, -0.05) is 12.2 Å². The summed E-state index contributed by atoms with van der Waals surface area (Å²) in [7, 11) is 0.